The van der Waals surface area contributed by atoms with E-state index in [4.69, 9.17) is 5.11 Å². The van der Waals surface area contributed by atoms with Crippen LogP contribution in [0.4, 0.5) is 5.69 Å². The number of aliphatic carboxylic acids is 1. The molecular weight excluding hydrogens is 354 g/mol. The second kappa shape index (κ2) is 9.19. The lowest BCUT2D eigenvalue weighted by Gasteiger charge is -2.11. The van der Waals surface area contributed by atoms with Crippen LogP contribution in [0.1, 0.15) is 41.0 Å². The van der Waals surface area contributed by atoms with Crippen molar-refractivity contribution < 1.29 is 14.7 Å². The minimum Gasteiger partial charge on any atom is -0.481 e. The number of carboxylic acids is 1. The van der Waals surface area contributed by atoms with E-state index in [-0.39, 0.29) is 11.3 Å². The van der Waals surface area contributed by atoms with Gasteiger partial charge in [0.25, 0.3) is 11.5 Å². The molecule has 1 aromatic carbocycles. The van der Waals surface area contributed by atoms with E-state index in [0.29, 0.717) is 35.5 Å². The van der Waals surface area contributed by atoms with Crippen molar-refractivity contribution in [1.29, 1.82) is 0 Å². The van der Waals surface area contributed by atoms with E-state index in [9.17, 15) is 14.4 Å². The summed E-state index contributed by atoms with van der Waals surface area (Å²) in [5.74, 6) is -0.806. The number of hydrogen-bond acceptors (Lipinski definition) is 5. The molecular formula is C18H21N3O4S. The monoisotopic (exact) mass is 375 g/mol. The van der Waals surface area contributed by atoms with Crippen molar-refractivity contribution in [3.8, 4) is 0 Å². The van der Waals surface area contributed by atoms with Crippen LogP contribution in [0.5, 0.6) is 0 Å². The zero-order valence-electron chi connectivity index (χ0n) is 14.7. The predicted molar refractivity (Wildman–Crippen MR) is 102 cm³/mol. The molecule has 7 nitrogen and oxygen atoms in total. The molecule has 1 aromatic heterocycles. The number of aryl methyl sites for hydroxylation is 1. The lowest BCUT2D eigenvalue weighted by molar-refractivity contribution is -0.133. The van der Waals surface area contributed by atoms with Crippen molar-refractivity contribution in [2.24, 2.45) is 0 Å². The predicted octanol–water partition coefficient (Wildman–Crippen LogP) is 2.46. The number of rotatable bonds is 8. The summed E-state index contributed by atoms with van der Waals surface area (Å²) in [6.45, 7) is 3.80. The first-order chi connectivity index (χ1) is 12.5. The summed E-state index contributed by atoms with van der Waals surface area (Å²) in [5, 5.41) is 17.8. The van der Waals surface area contributed by atoms with Gasteiger partial charge in [-0.05, 0) is 36.1 Å². The van der Waals surface area contributed by atoms with Crippen LogP contribution in [0.25, 0.3) is 0 Å². The standard InChI is InChI=1S/C18H21N3O4S/c1-3-13-14(4-2)20-21-18(25)16(13)17(24)19-12-7-5-6-11(8-12)9-26-10-15(22)23/h5-8H,3-4,9-10H2,1-2H3,(H,19,24)(H,21,25)(H,22,23). The average molecular weight is 375 g/mol. The number of aromatic nitrogens is 2. The van der Waals surface area contributed by atoms with E-state index >= 15 is 0 Å². The number of nitrogens with zero attached hydrogens (tertiary/aromatic N) is 1. The van der Waals surface area contributed by atoms with Crippen molar-refractivity contribution in [1.82, 2.24) is 10.2 Å². The van der Waals surface area contributed by atoms with Gasteiger partial charge in [0.05, 0.1) is 11.4 Å². The number of hydrogen-bond donors (Lipinski definition) is 3. The molecule has 0 aliphatic heterocycles. The molecule has 0 saturated carbocycles. The second-order valence-electron chi connectivity index (χ2n) is 5.60. The molecule has 0 spiro atoms. The Labute approximate surface area is 155 Å². The molecule has 0 radical (unpaired) electrons. The third-order valence-electron chi connectivity index (χ3n) is 3.76. The van der Waals surface area contributed by atoms with Gasteiger partial charge in [0, 0.05) is 11.4 Å². The molecule has 0 aliphatic rings. The van der Waals surface area contributed by atoms with E-state index < -0.39 is 17.4 Å². The summed E-state index contributed by atoms with van der Waals surface area (Å²) < 4.78 is 0. The number of H-pyrrole nitrogens is 1. The van der Waals surface area contributed by atoms with Gasteiger partial charge < -0.3 is 10.4 Å². The first-order valence-corrected chi connectivity index (χ1v) is 9.42. The van der Waals surface area contributed by atoms with Crippen LogP contribution in [0.2, 0.25) is 0 Å². The van der Waals surface area contributed by atoms with Crippen molar-refractivity contribution in [2.45, 2.75) is 32.4 Å². The summed E-state index contributed by atoms with van der Waals surface area (Å²) in [6, 6.07) is 7.14. The van der Waals surface area contributed by atoms with Gasteiger partial charge in [0.1, 0.15) is 5.56 Å². The molecule has 0 fully saturated rings. The molecule has 0 unspecified atom stereocenters. The van der Waals surface area contributed by atoms with Crippen molar-refractivity contribution in [3.63, 3.8) is 0 Å². The Morgan fingerprint density at radius 1 is 1.27 bits per heavy atom. The molecule has 8 heteroatoms. The SMILES string of the molecule is CCc1n[nH]c(=O)c(C(=O)Nc2cccc(CSCC(=O)O)c2)c1CC. The van der Waals surface area contributed by atoms with Gasteiger partial charge in [-0.1, -0.05) is 26.0 Å². The zero-order valence-corrected chi connectivity index (χ0v) is 15.5. The minimum atomic E-state index is -0.866. The number of benzene rings is 1. The minimum absolute atomic E-state index is 0.0165. The van der Waals surface area contributed by atoms with Crippen molar-refractivity contribution in [3.05, 3.63) is 57.0 Å². The van der Waals surface area contributed by atoms with Gasteiger partial charge in [0.15, 0.2) is 0 Å². The van der Waals surface area contributed by atoms with Gasteiger partial charge in [-0.3, -0.25) is 14.4 Å². The third kappa shape index (κ3) is 4.95. The Morgan fingerprint density at radius 3 is 2.69 bits per heavy atom. The van der Waals surface area contributed by atoms with Crippen LogP contribution in [0, 0.1) is 0 Å². The number of aromatic amines is 1. The molecule has 0 saturated heterocycles. The smallest absolute Gasteiger partial charge is 0.313 e. The summed E-state index contributed by atoms with van der Waals surface area (Å²) in [7, 11) is 0. The topological polar surface area (TPSA) is 112 Å². The number of anilines is 1. The van der Waals surface area contributed by atoms with E-state index in [1.165, 1.54) is 11.8 Å². The van der Waals surface area contributed by atoms with Crippen LogP contribution >= 0.6 is 11.8 Å². The Kier molecular flexibility index (Phi) is 6.97. The van der Waals surface area contributed by atoms with Gasteiger partial charge in [0.2, 0.25) is 0 Å². The summed E-state index contributed by atoms with van der Waals surface area (Å²) in [4.78, 5) is 35.4. The van der Waals surface area contributed by atoms with Crippen molar-refractivity contribution in [2.75, 3.05) is 11.1 Å². The molecule has 0 atom stereocenters. The number of carbonyl (C=O) groups excluding carboxylic acids is 1. The normalized spacial score (nSPS) is 10.5. The van der Waals surface area contributed by atoms with E-state index in [1.54, 1.807) is 18.2 Å². The maximum atomic E-state index is 12.7. The Bertz CT molecular complexity index is 864. The molecule has 1 amide bonds. The highest BCUT2D eigenvalue weighted by Gasteiger charge is 2.19. The zero-order chi connectivity index (χ0) is 19.1. The quantitative estimate of drug-likeness (QED) is 0.653. The fraction of sp³-hybridized carbons (Fsp3) is 0.333. The molecule has 138 valence electrons. The van der Waals surface area contributed by atoms with Crippen LogP contribution in [0.3, 0.4) is 0 Å². The summed E-state index contributed by atoms with van der Waals surface area (Å²) >= 11 is 1.28. The molecule has 2 rings (SSSR count). The molecule has 26 heavy (non-hydrogen) atoms. The van der Waals surface area contributed by atoms with Gasteiger partial charge >= 0.3 is 5.97 Å². The van der Waals surface area contributed by atoms with E-state index in [0.717, 1.165) is 5.56 Å². The van der Waals surface area contributed by atoms with Gasteiger partial charge in [-0.2, -0.15) is 5.10 Å². The van der Waals surface area contributed by atoms with E-state index in [1.807, 2.05) is 19.9 Å². The maximum absolute atomic E-state index is 12.7. The maximum Gasteiger partial charge on any atom is 0.313 e. The molecule has 1 heterocycles. The average Bonchev–Trinajstić information content (AvgIpc) is 2.61. The highest BCUT2D eigenvalue weighted by molar-refractivity contribution is 7.99. The Morgan fingerprint density at radius 2 is 2.04 bits per heavy atom. The van der Waals surface area contributed by atoms with Gasteiger partial charge in [-0.15, -0.1) is 11.8 Å². The fourth-order valence-electron chi connectivity index (χ4n) is 2.63. The van der Waals surface area contributed by atoms with Crippen LogP contribution in [-0.2, 0) is 23.4 Å². The molecule has 0 bridgehead atoms. The highest BCUT2D eigenvalue weighted by Crippen LogP contribution is 2.18. The number of amides is 1. The lowest BCUT2D eigenvalue weighted by atomic mass is 10.0. The fourth-order valence-corrected chi connectivity index (χ4v) is 3.32. The first kappa shape index (κ1) is 19.7. The summed E-state index contributed by atoms with van der Waals surface area (Å²) in [6.07, 6.45) is 1.16. The molecule has 3 N–H and O–H groups in total. The Balaban J connectivity index is 2.20. The number of thioether (sulfide) groups is 1. The molecule has 0 aliphatic carbocycles. The Hall–Kier alpha value is -2.61. The number of carboxylic acid groups (broad SMARTS) is 1. The van der Waals surface area contributed by atoms with Crippen LogP contribution in [0.15, 0.2) is 29.1 Å². The highest BCUT2D eigenvalue weighted by atomic mass is 32.2. The first-order valence-electron chi connectivity index (χ1n) is 8.26. The van der Waals surface area contributed by atoms with E-state index in [2.05, 4.69) is 15.5 Å². The third-order valence-corrected chi connectivity index (χ3v) is 4.75. The van der Waals surface area contributed by atoms with Crippen molar-refractivity contribution >= 4 is 29.3 Å². The largest absolute Gasteiger partial charge is 0.481 e. The summed E-state index contributed by atoms with van der Waals surface area (Å²) in [5.41, 5.74) is 2.38. The molecule has 2 aromatic rings. The number of carbonyl (C=O) groups is 2. The van der Waals surface area contributed by atoms with Gasteiger partial charge in [-0.25, -0.2) is 5.10 Å². The van der Waals surface area contributed by atoms with Crippen LogP contribution < -0.4 is 10.9 Å². The number of nitrogens with one attached hydrogen (secondary N) is 2. The second-order valence-corrected chi connectivity index (χ2v) is 6.59. The lowest BCUT2D eigenvalue weighted by Crippen LogP contribution is -2.27. The van der Waals surface area contributed by atoms with Crippen LogP contribution in [-0.4, -0.2) is 32.9 Å².